The molecular formula is C12H18N2O4S2. The van der Waals surface area contributed by atoms with Crippen molar-refractivity contribution in [2.75, 3.05) is 23.4 Å². The van der Waals surface area contributed by atoms with Gasteiger partial charge in [-0.3, -0.25) is 0 Å². The van der Waals surface area contributed by atoms with Crippen molar-refractivity contribution in [2.24, 2.45) is 0 Å². The Morgan fingerprint density at radius 3 is 2.80 bits per heavy atom. The van der Waals surface area contributed by atoms with Gasteiger partial charge in [-0.25, -0.2) is 13.2 Å². The highest BCUT2D eigenvalue weighted by Gasteiger charge is 2.39. The van der Waals surface area contributed by atoms with Crippen LogP contribution in [-0.4, -0.2) is 42.4 Å². The highest BCUT2D eigenvalue weighted by atomic mass is 32.2. The van der Waals surface area contributed by atoms with E-state index in [-0.39, 0.29) is 11.5 Å². The number of nitrogens with one attached hydrogen (secondary N) is 1. The second-order valence-electron chi connectivity index (χ2n) is 5.22. The molecule has 0 aliphatic carbocycles. The van der Waals surface area contributed by atoms with Crippen LogP contribution in [0.3, 0.4) is 0 Å². The van der Waals surface area contributed by atoms with E-state index < -0.39 is 21.3 Å². The predicted molar refractivity (Wildman–Crippen MR) is 78.1 cm³/mol. The van der Waals surface area contributed by atoms with E-state index in [1.165, 1.54) is 0 Å². The third kappa shape index (κ3) is 3.12. The zero-order valence-electron chi connectivity index (χ0n) is 11.7. The molecule has 112 valence electrons. The second-order valence-corrected chi connectivity index (χ2v) is 8.18. The van der Waals surface area contributed by atoms with Crippen LogP contribution in [0.2, 0.25) is 0 Å². The number of aromatic nitrogens is 1. The first-order chi connectivity index (χ1) is 9.26. The number of carbonyl (C=O) groups is 1. The van der Waals surface area contributed by atoms with Gasteiger partial charge >= 0.3 is 5.97 Å². The zero-order chi connectivity index (χ0) is 15.0. The van der Waals surface area contributed by atoms with Gasteiger partial charge in [-0.05, 0) is 38.7 Å². The molecule has 1 fully saturated rings. The molecular weight excluding hydrogens is 300 g/mol. The summed E-state index contributed by atoms with van der Waals surface area (Å²) in [6.45, 7) is 5.62. The van der Waals surface area contributed by atoms with Crippen LogP contribution in [0.4, 0.5) is 5.00 Å². The van der Waals surface area contributed by atoms with Crippen LogP contribution < -0.4 is 5.32 Å². The maximum atomic E-state index is 11.9. The van der Waals surface area contributed by atoms with E-state index in [4.69, 9.17) is 4.74 Å². The summed E-state index contributed by atoms with van der Waals surface area (Å²) >= 11 is 1.16. The molecule has 0 spiro atoms. The van der Waals surface area contributed by atoms with Gasteiger partial charge in [0.25, 0.3) is 0 Å². The summed E-state index contributed by atoms with van der Waals surface area (Å²) in [5.74, 6) is -0.187. The number of sulfone groups is 1. The minimum absolute atomic E-state index is 0.0687. The second kappa shape index (κ2) is 5.33. The Morgan fingerprint density at radius 1 is 1.55 bits per heavy atom. The molecule has 1 saturated heterocycles. The van der Waals surface area contributed by atoms with Crippen molar-refractivity contribution in [3.05, 3.63) is 11.3 Å². The minimum Gasteiger partial charge on any atom is -0.462 e. The van der Waals surface area contributed by atoms with Crippen molar-refractivity contribution in [2.45, 2.75) is 32.7 Å². The highest BCUT2D eigenvalue weighted by Crippen LogP contribution is 2.33. The monoisotopic (exact) mass is 318 g/mol. The van der Waals surface area contributed by atoms with E-state index in [1.54, 1.807) is 13.8 Å². The van der Waals surface area contributed by atoms with Crippen molar-refractivity contribution >= 4 is 32.3 Å². The lowest BCUT2D eigenvalue weighted by Gasteiger charge is -2.24. The number of ether oxygens (including phenoxy) is 1. The fourth-order valence-corrected chi connectivity index (χ4v) is 5.31. The lowest BCUT2D eigenvalue weighted by Crippen LogP contribution is -2.36. The molecule has 0 amide bonds. The number of rotatable bonds is 4. The molecule has 1 N–H and O–H groups in total. The maximum absolute atomic E-state index is 11.9. The third-order valence-corrected chi connectivity index (χ3v) is 6.02. The quantitative estimate of drug-likeness (QED) is 0.849. The van der Waals surface area contributed by atoms with Crippen molar-refractivity contribution in [3.63, 3.8) is 0 Å². The maximum Gasteiger partial charge on any atom is 0.343 e. The van der Waals surface area contributed by atoms with Crippen molar-refractivity contribution in [1.29, 1.82) is 0 Å². The van der Waals surface area contributed by atoms with Gasteiger partial charge in [-0.2, -0.15) is 4.37 Å². The molecule has 1 unspecified atom stereocenters. The van der Waals surface area contributed by atoms with Crippen LogP contribution in [0, 0.1) is 6.92 Å². The van der Waals surface area contributed by atoms with Gasteiger partial charge in [0.15, 0.2) is 9.84 Å². The molecule has 0 aromatic carbocycles. The molecule has 1 aliphatic rings. The molecule has 1 aromatic rings. The van der Waals surface area contributed by atoms with Crippen LogP contribution in [0.5, 0.6) is 0 Å². The smallest absolute Gasteiger partial charge is 0.343 e. The van der Waals surface area contributed by atoms with Crippen molar-refractivity contribution in [3.8, 4) is 0 Å². The average molecular weight is 318 g/mol. The largest absolute Gasteiger partial charge is 0.462 e. The summed E-state index contributed by atoms with van der Waals surface area (Å²) in [5, 5.41) is 3.76. The first-order valence-corrected chi connectivity index (χ1v) is 8.98. The average Bonchev–Trinajstić information content (AvgIpc) is 2.80. The number of carbonyl (C=O) groups excluding carboxylic acids is 1. The number of hydrogen-bond donors (Lipinski definition) is 1. The molecule has 0 bridgehead atoms. The number of anilines is 1. The lowest BCUT2D eigenvalue weighted by molar-refractivity contribution is 0.0527. The van der Waals surface area contributed by atoms with Crippen LogP contribution in [0.25, 0.3) is 0 Å². The Labute approximate surface area is 122 Å². The fourth-order valence-electron chi connectivity index (χ4n) is 2.28. The Kier molecular flexibility index (Phi) is 4.06. The van der Waals surface area contributed by atoms with Gasteiger partial charge in [-0.15, -0.1) is 0 Å². The molecule has 2 heterocycles. The summed E-state index contributed by atoms with van der Waals surface area (Å²) in [7, 11) is -3.00. The standard InChI is InChI=1S/C12H18N2O4S2/c1-4-18-11(15)9-8(2)14-19-10(9)13-12(3)5-6-20(16,17)7-12/h13H,4-7H2,1-3H3. The van der Waals surface area contributed by atoms with Gasteiger partial charge < -0.3 is 10.1 Å². The molecule has 8 heteroatoms. The Hall–Kier alpha value is -1.15. The van der Waals surface area contributed by atoms with Crippen molar-refractivity contribution in [1.82, 2.24) is 4.37 Å². The SMILES string of the molecule is CCOC(=O)c1c(C)nsc1NC1(C)CCS(=O)(=O)C1. The van der Waals surface area contributed by atoms with E-state index in [2.05, 4.69) is 9.69 Å². The first kappa shape index (κ1) is 15.2. The predicted octanol–water partition coefficient (Wildman–Crippen LogP) is 1.62. The molecule has 20 heavy (non-hydrogen) atoms. The van der Waals surface area contributed by atoms with E-state index in [1.807, 2.05) is 6.92 Å². The van der Waals surface area contributed by atoms with Crippen molar-refractivity contribution < 1.29 is 17.9 Å². The number of aryl methyl sites for hydroxylation is 1. The summed E-state index contributed by atoms with van der Waals surface area (Å²) in [6.07, 6.45) is 0.522. The van der Waals surface area contributed by atoms with Gasteiger partial charge in [0.2, 0.25) is 0 Å². The van der Waals surface area contributed by atoms with Gasteiger partial charge in [0.1, 0.15) is 10.6 Å². The van der Waals surface area contributed by atoms with E-state index in [9.17, 15) is 13.2 Å². The third-order valence-electron chi connectivity index (χ3n) is 3.26. The topological polar surface area (TPSA) is 85.4 Å². The van der Waals surface area contributed by atoms with Crippen LogP contribution in [0.15, 0.2) is 0 Å². The molecule has 1 aromatic heterocycles. The number of hydrogen-bond acceptors (Lipinski definition) is 7. The lowest BCUT2D eigenvalue weighted by atomic mass is 10.0. The first-order valence-electron chi connectivity index (χ1n) is 6.38. The molecule has 0 saturated carbocycles. The molecule has 0 radical (unpaired) electrons. The van der Waals surface area contributed by atoms with Gasteiger partial charge in [0.05, 0.1) is 29.3 Å². The van der Waals surface area contributed by atoms with Gasteiger partial charge in [0, 0.05) is 0 Å². The fraction of sp³-hybridized carbons (Fsp3) is 0.667. The Morgan fingerprint density at radius 2 is 2.25 bits per heavy atom. The summed E-state index contributed by atoms with van der Waals surface area (Å²) in [5.41, 5.74) is 0.446. The molecule has 2 rings (SSSR count). The van der Waals surface area contributed by atoms with E-state index >= 15 is 0 Å². The number of nitrogens with zero attached hydrogens (tertiary/aromatic N) is 1. The normalized spacial score (nSPS) is 24.6. The Bertz CT molecular complexity index is 623. The highest BCUT2D eigenvalue weighted by molar-refractivity contribution is 7.91. The van der Waals surface area contributed by atoms with Crippen LogP contribution in [0.1, 0.15) is 36.3 Å². The summed E-state index contributed by atoms with van der Waals surface area (Å²) < 4.78 is 32.4. The van der Waals surface area contributed by atoms with E-state index in [0.29, 0.717) is 29.3 Å². The summed E-state index contributed by atoms with van der Waals surface area (Å²) in [4.78, 5) is 11.9. The molecule has 1 atom stereocenters. The Balaban J connectivity index is 2.25. The number of esters is 1. The van der Waals surface area contributed by atoms with Crippen LogP contribution >= 0.6 is 11.5 Å². The molecule has 6 nitrogen and oxygen atoms in total. The minimum atomic E-state index is -3.00. The zero-order valence-corrected chi connectivity index (χ0v) is 13.4. The van der Waals surface area contributed by atoms with Crippen LogP contribution in [-0.2, 0) is 14.6 Å². The van der Waals surface area contributed by atoms with E-state index in [0.717, 1.165) is 11.5 Å². The molecule has 1 aliphatic heterocycles. The van der Waals surface area contributed by atoms with Gasteiger partial charge in [-0.1, -0.05) is 0 Å². The summed E-state index contributed by atoms with van der Waals surface area (Å²) in [6, 6.07) is 0.